The largest absolute Gasteiger partial charge is 0.395 e. The van der Waals surface area contributed by atoms with Crippen molar-refractivity contribution >= 4 is 15.7 Å². The molecule has 2 rings (SSSR count). The minimum atomic E-state index is -3.54. The van der Waals surface area contributed by atoms with E-state index in [9.17, 15) is 13.5 Å². The van der Waals surface area contributed by atoms with Crippen molar-refractivity contribution in [1.29, 1.82) is 0 Å². The Morgan fingerprint density at radius 2 is 1.81 bits per heavy atom. The van der Waals surface area contributed by atoms with Crippen molar-refractivity contribution in [2.75, 3.05) is 25.5 Å². The highest BCUT2D eigenvalue weighted by molar-refractivity contribution is 7.89. The Bertz CT molecular complexity index is 537. The molecule has 0 aromatic heterocycles. The van der Waals surface area contributed by atoms with E-state index in [0.29, 0.717) is 4.90 Å². The summed E-state index contributed by atoms with van der Waals surface area (Å²) in [5.41, 5.74) is 0.875. The molecule has 5 nitrogen and oxygen atoms in total. The Morgan fingerprint density at radius 3 is 2.33 bits per heavy atom. The van der Waals surface area contributed by atoms with Crippen LogP contribution in [0.3, 0.4) is 0 Å². The van der Waals surface area contributed by atoms with Crippen LogP contribution in [0.15, 0.2) is 29.2 Å². The first-order chi connectivity index (χ1) is 10.1. The Labute approximate surface area is 127 Å². The molecular weight excluding hydrogens is 288 g/mol. The van der Waals surface area contributed by atoms with Gasteiger partial charge in [-0.2, -0.15) is 4.31 Å². The molecule has 2 N–H and O–H groups in total. The summed E-state index contributed by atoms with van der Waals surface area (Å²) in [5, 5.41) is 12.2. The average Bonchev–Trinajstić information content (AvgIpc) is 2.53. The lowest BCUT2D eigenvalue weighted by molar-refractivity contribution is 0.199. The molecule has 0 radical (unpaired) electrons. The highest BCUT2D eigenvalue weighted by Gasteiger charge is 2.31. The molecule has 1 aliphatic rings. The maximum Gasteiger partial charge on any atom is 0.243 e. The van der Waals surface area contributed by atoms with Gasteiger partial charge in [-0.05, 0) is 37.1 Å². The lowest BCUT2D eigenvalue weighted by Gasteiger charge is -2.33. The number of hydrogen-bond donors (Lipinski definition) is 2. The van der Waals surface area contributed by atoms with Gasteiger partial charge in [-0.25, -0.2) is 8.42 Å². The van der Waals surface area contributed by atoms with Gasteiger partial charge in [0.2, 0.25) is 10.0 Å². The number of anilines is 1. The molecule has 1 saturated carbocycles. The number of benzene rings is 1. The number of aliphatic hydroxyl groups is 1. The Kier molecular flexibility index (Phi) is 5.61. The molecule has 1 fully saturated rings. The fourth-order valence-electron chi connectivity index (χ4n) is 2.90. The van der Waals surface area contributed by atoms with Gasteiger partial charge >= 0.3 is 0 Å². The second kappa shape index (κ2) is 7.24. The maximum atomic E-state index is 12.8. The molecule has 118 valence electrons. The molecular formula is C15H24N2O3S. The molecule has 21 heavy (non-hydrogen) atoms. The number of aliphatic hydroxyl groups excluding tert-OH is 1. The molecule has 0 atom stereocenters. The summed E-state index contributed by atoms with van der Waals surface area (Å²) in [4.78, 5) is 0.292. The zero-order chi connectivity index (χ0) is 15.3. The molecule has 0 spiro atoms. The minimum absolute atomic E-state index is 0.0138. The number of nitrogens with one attached hydrogen (secondary N) is 1. The van der Waals surface area contributed by atoms with Crippen LogP contribution >= 0.6 is 0 Å². The quantitative estimate of drug-likeness (QED) is 0.843. The molecule has 1 aromatic carbocycles. The van der Waals surface area contributed by atoms with Crippen LogP contribution in [0.2, 0.25) is 0 Å². The summed E-state index contributed by atoms with van der Waals surface area (Å²) in [7, 11) is -1.75. The molecule has 0 unspecified atom stereocenters. The third kappa shape index (κ3) is 3.75. The van der Waals surface area contributed by atoms with Crippen molar-refractivity contribution < 1.29 is 13.5 Å². The van der Waals surface area contributed by atoms with Crippen molar-refractivity contribution in [1.82, 2.24) is 4.31 Å². The van der Waals surface area contributed by atoms with E-state index >= 15 is 0 Å². The second-order valence-electron chi connectivity index (χ2n) is 5.41. The van der Waals surface area contributed by atoms with E-state index in [4.69, 9.17) is 0 Å². The summed E-state index contributed by atoms with van der Waals surface area (Å²) in [6.45, 7) is 0.0190. The van der Waals surface area contributed by atoms with Crippen molar-refractivity contribution in [3.05, 3.63) is 24.3 Å². The first-order valence-electron chi connectivity index (χ1n) is 7.50. The molecule has 0 saturated heterocycles. The number of hydrogen-bond acceptors (Lipinski definition) is 4. The van der Waals surface area contributed by atoms with Crippen molar-refractivity contribution in [2.45, 2.75) is 43.0 Å². The molecule has 0 aliphatic heterocycles. The first-order valence-corrected chi connectivity index (χ1v) is 8.94. The third-order valence-corrected chi connectivity index (χ3v) is 6.02. The zero-order valence-corrected chi connectivity index (χ0v) is 13.3. The van der Waals surface area contributed by atoms with Crippen LogP contribution in [-0.4, -0.2) is 44.1 Å². The molecule has 0 bridgehead atoms. The smallest absolute Gasteiger partial charge is 0.243 e. The number of sulfonamides is 1. The normalized spacial score (nSPS) is 17.1. The van der Waals surface area contributed by atoms with Gasteiger partial charge in [-0.3, -0.25) is 0 Å². The van der Waals surface area contributed by atoms with Gasteiger partial charge in [0, 0.05) is 25.3 Å². The van der Waals surface area contributed by atoms with Crippen LogP contribution in [0.1, 0.15) is 32.1 Å². The van der Waals surface area contributed by atoms with Gasteiger partial charge in [0.15, 0.2) is 0 Å². The third-order valence-electron chi connectivity index (χ3n) is 4.05. The molecule has 0 amide bonds. The first kappa shape index (κ1) is 16.3. The van der Waals surface area contributed by atoms with Crippen molar-refractivity contribution in [3.63, 3.8) is 0 Å². The summed E-state index contributed by atoms with van der Waals surface area (Å²) >= 11 is 0. The summed E-state index contributed by atoms with van der Waals surface area (Å²) < 4.78 is 27.1. The molecule has 1 aromatic rings. The van der Waals surface area contributed by atoms with Gasteiger partial charge in [0.05, 0.1) is 11.5 Å². The Hall–Kier alpha value is -1.11. The maximum absolute atomic E-state index is 12.8. The van der Waals surface area contributed by atoms with Crippen LogP contribution in [0.4, 0.5) is 5.69 Å². The van der Waals surface area contributed by atoms with Crippen LogP contribution in [-0.2, 0) is 10.0 Å². The predicted molar refractivity (Wildman–Crippen MR) is 83.8 cm³/mol. The highest BCUT2D eigenvalue weighted by atomic mass is 32.2. The van der Waals surface area contributed by atoms with E-state index < -0.39 is 10.0 Å². The van der Waals surface area contributed by atoms with Crippen LogP contribution in [0, 0.1) is 0 Å². The zero-order valence-electron chi connectivity index (χ0n) is 12.5. The fraction of sp³-hybridized carbons (Fsp3) is 0.600. The van der Waals surface area contributed by atoms with Crippen LogP contribution in [0.5, 0.6) is 0 Å². The average molecular weight is 312 g/mol. The lowest BCUT2D eigenvalue weighted by atomic mass is 9.95. The SMILES string of the molecule is CNc1ccc(S(=O)(=O)N(CCO)C2CCCCC2)cc1. The topological polar surface area (TPSA) is 69.6 Å². The summed E-state index contributed by atoms with van der Waals surface area (Å²) in [5.74, 6) is 0. The monoisotopic (exact) mass is 312 g/mol. The number of rotatable bonds is 6. The van der Waals surface area contributed by atoms with Gasteiger partial charge < -0.3 is 10.4 Å². The lowest BCUT2D eigenvalue weighted by Crippen LogP contribution is -2.43. The second-order valence-corrected chi connectivity index (χ2v) is 7.30. The van der Waals surface area contributed by atoms with Gasteiger partial charge in [-0.15, -0.1) is 0 Å². The van der Waals surface area contributed by atoms with Gasteiger partial charge in [0.1, 0.15) is 0 Å². The summed E-state index contributed by atoms with van der Waals surface area (Å²) in [6.07, 6.45) is 5.05. The minimum Gasteiger partial charge on any atom is -0.395 e. The van der Waals surface area contributed by atoms with Crippen molar-refractivity contribution in [2.24, 2.45) is 0 Å². The summed E-state index contributed by atoms with van der Waals surface area (Å²) in [6, 6.07) is 6.76. The molecule has 0 heterocycles. The highest BCUT2D eigenvalue weighted by Crippen LogP contribution is 2.28. The van der Waals surface area contributed by atoms with Gasteiger partial charge in [0.25, 0.3) is 0 Å². The van der Waals surface area contributed by atoms with E-state index in [2.05, 4.69) is 5.32 Å². The van der Waals surface area contributed by atoms with E-state index in [-0.39, 0.29) is 19.2 Å². The Balaban J connectivity index is 2.27. The van der Waals surface area contributed by atoms with E-state index in [0.717, 1.165) is 31.4 Å². The fourth-order valence-corrected chi connectivity index (χ4v) is 4.57. The van der Waals surface area contributed by atoms with E-state index in [1.54, 1.807) is 31.3 Å². The van der Waals surface area contributed by atoms with Crippen LogP contribution < -0.4 is 5.32 Å². The van der Waals surface area contributed by atoms with E-state index in [1.807, 2.05) is 0 Å². The standard InChI is InChI=1S/C15H24N2O3S/c1-16-13-7-9-15(10-8-13)21(19,20)17(11-12-18)14-5-3-2-4-6-14/h7-10,14,16,18H,2-6,11-12H2,1H3. The number of nitrogens with zero attached hydrogens (tertiary/aromatic N) is 1. The predicted octanol–water partition coefficient (Wildman–Crippen LogP) is 2.04. The molecule has 6 heteroatoms. The molecule has 1 aliphatic carbocycles. The van der Waals surface area contributed by atoms with E-state index in [1.165, 1.54) is 10.7 Å². The van der Waals surface area contributed by atoms with Crippen molar-refractivity contribution in [3.8, 4) is 0 Å². The van der Waals surface area contributed by atoms with Crippen LogP contribution in [0.25, 0.3) is 0 Å². The Morgan fingerprint density at radius 1 is 1.19 bits per heavy atom. The van der Waals surface area contributed by atoms with Gasteiger partial charge in [-0.1, -0.05) is 19.3 Å².